The zero-order valence-electron chi connectivity index (χ0n) is 16.4. The number of rotatable bonds is 8. The molecule has 0 aliphatic rings. The summed E-state index contributed by atoms with van der Waals surface area (Å²) < 4.78 is 5.27. The Morgan fingerprint density at radius 2 is 1.60 bits per heavy atom. The lowest BCUT2D eigenvalue weighted by molar-refractivity contribution is -0.385. The monoisotopic (exact) mass is 403 g/mol. The van der Waals surface area contributed by atoms with E-state index in [1.54, 1.807) is 6.07 Å². The van der Waals surface area contributed by atoms with Crippen LogP contribution in [0.2, 0.25) is 0 Å². The van der Waals surface area contributed by atoms with Gasteiger partial charge in [-0.05, 0) is 29.2 Å². The number of hydrogen-bond acceptors (Lipinski definition) is 5. The van der Waals surface area contributed by atoms with Gasteiger partial charge in [-0.1, -0.05) is 73.7 Å². The number of benzene rings is 3. The molecule has 0 heterocycles. The normalized spacial score (nSPS) is 11.0. The Labute approximate surface area is 174 Å². The molecular weight excluding hydrogens is 382 g/mol. The first-order valence-corrected chi connectivity index (χ1v) is 9.46. The zero-order valence-corrected chi connectivity index (χ0v) is 16.4. The maximum Gasteiger partial charge on any atom is 0.310 e. The molecule has 0 fully saturated rings. The molecule has 3 aromatic rings. The number of hydrazone groups is 1. The second-order valence-corrected chi connectivity index (χ2v) is 6.40. The van der Waals surface area contributed by atoms with Crippen LogP contribution in [0, 0.1) is 10.1 Å². The van der Waals surface area contributed by atoms with Crippen molar-refractivity contribution in [1.29, 1.82) is 0 Å². The van der Waals surface area contributed by atoms with Crippen molar-refractivity contribution in [1.82, 2.24) is 5.43 Å². The second-order valence-electron chi connectivity index (χ2n) is 6.40. The predicted octanol–water partition coefficient (Wildman–Crippen LogP) is 4.57. The van der Waals surface area contributed by atoms with Crippen LogP contribution >= 0.6 is 0 Å². The number of nitrogens with zero attached hydrogens (tertiary/aromatic N) is 2. The van der Waals surface area contributed by atoms with Gasteiger partial charge in [-0.15, -0.1) is 0 Å². The number of ether oxygens (including phenoxy) is 1. The summed E-state index contributed by atoms with van der Waals surface area (Å²) in [4.78, 5) is 22.5. The van der Waals surface area contributed by atoms with Crippen LogP contribution < -0.4 is 10.2 Å². The first kappa shape index (κ1) is 20.7. The Hall–Kier alpha value is -4.00. The molecular formula is C23H21N3O4. The summed E-state index contributed by atoms with van der Waals surface area (Å²) in [5.41, 5.74) is 6.09. The third-order valence-electron chi connectivity index (χ3n) is 4.40. The Morgan fingerprint density at radius 3 is 2.27 bits per heavy atom. The standard InChI is InChI=1S/C23H21N3O4/c1-2-20(19-14-12-18(13-15-19)17-8-4-3-5-9-17)24-25-23(27)16-30-22-11-7-6-10-21(22)26(28)29/h3-15H,2,16H2,1H3,(H,25,27)/b24-20-. The molecule has 3 aromatic carbocycles. The van der Waals surface area contributed by atoms with Crippen molar-refractivity contribution in [2.24, 2.45) is 5.10 Å². The van der Waals surface area contributed by atoms with E-state index in [-0.39, 0.29) is 18.0 Å². The lowest BCUT2D eigenvalue weighted by Gasteiger charge is -2.08. The number of nitro benzene ring substituents is 1. The highest BCUT2D eigenvalue weighted by Crippen LogP contribution is 2.25. The van der Waals surface area contributed by atoms with E-state index in [4.69, 9.17) is 4.74 Å². The van der Waals surface area contributed by atoms with E-state index >= 15 is 0 Å². The van der Waals surface area contributed by atoms with Crippen LogP contribution in [-0.2, 0) is 4.79 Å². The summed E-state index contributed by atoms with van der Waals surface area (Å²) in [5, 5.41) is 15.2. The van der Waals surface area contributed by atoms with E-state index in [0.29, 0.717) is 12.1 Å². The molecule has 7 heteroatoms. The number of carbonyl (C=O) groups excluding carboxylic acids is 1. The number of carbonyl (C=O) groups is 1. The minimum atomic E-state index is -0.556. The van der Waals surface area contributed by atoms with Gasteiger partial charge in [-0.3, -0.25) is 14.9 Å². The minimum Gasteiger partial charge on any atom is -0.477 e. The highest BCUT2D eigenvalue weighted by molar-refractivity contribution is 6.01. The highest BCUT2D eigenvalue weighted by atomic mass is 16.6. The van der Waals surface area contributed by atoms with Crippen LogP contribution in [0.25, 0.3) is 11.1 Å². The first-order valence-electron chi connectivity index (χ1n) is 9.46. The molecule has 0 saturated carbocycles. The first-order chi connectivity index (χ1) is 14.6. The van der Waals surface area contributed by atoms with Crippen LogP contribution in [-0.4, -0.2) is 23.1 Å². The van der Waals surface area contributed by atoms with Gasteiger partial charge in [0, 0.05) is 6.07 Å². The number of nitro groups is 1. The molecule has 1 N–H and O–H groups in total. The molecule has 0 saturated heterocycles. The van der Waals surface area contributed by atoms with Crippen molar-refractivity contribution in [2.75, 3.05) is 6.61 Å². The molecule has 0 bridgehead atoms. The third kappa shape index (κ3) is 5.29. The largest absolute Gasteiger partial charge is 0.477 e. The molecule has 3 rings (SSSR count). The van der Waals surface area contributed by atoms with Crippen molar-refractivity contribution in [3.8, 4) is 16.9 Å². The van der Waals surface area contributed by atoms with Crippen LogP contribution in [0.15, 0.2) is 84.0 Å². The molecule has 30 heavy (non-hydrogen) atoms. The van der Waals surface area contributed by atoms with Crippen LogP contribution in [0.5, 0.6) is 5.75 Å². The number of nitrogens with one attached hydrogen (secondary N) is 1. The summed E-state index contributed by atoms with van der Waals surface area (Å²) in [7, 11) is 0. The fourth-order valence-corrected chi connectivity index (χ4v) is 2.87. The average Bonchev–Trinajstić information content (AvgIpc) is 2.79. The molecule has 0 aliphatic heterocycles. The molecule has 0 radical (unpaired) electrons. The minimum absolute atomic E-state index is 0.0360. The number of amides is 1. The molecule has 0 atom stereocenters. The van der Waals surface area contributed by atoms with Gasteiger partial charge in [0.05, 0.1) is 10.6 Å². The summed E-state index contributed by atoms with van der Waals surface area (Å²) >= 11 is 0. The summed E-state index contributed by atoms with van der Waals surface area (Å²) in [5.74, 6) is -0.464. The van der Waals surface area contributed by atoms with Crippen LogP contribution in [0.4, 0.5) is 5.69 Å². The number of hydrogen-bond donors (Lipinski definition) is 1. The van der Waals surface area contributed by atoms with Crippen molar-refractivity contribution < 1.29 is 14.5 Å². The van der Waals surface area contributed by atoms with Gasteiger partial charge in [0.2, 0.25) is 0 Å². The topological polar surface area (TPSA) is 93.8 Å². The lowest BCUT2D eigenvalue weighted by Crippen LogP contribution is -2.26. The van der Waals surface area contributed by atoms with Gasteiger partial charge in [0.1, 0.15) is 0 Å². The zero-order chi connectivity index (χ0) is 21.3. The highest BCUT2D eigenvalue weighted by Gasteiger charge is 2.15. The Morgan fingerprint density at radius 1 is 0.967 bits per heavy atom. The molecule has 0 spiro atoms. The van der Waals surface area contributed by atoms with Gasteiger partial charge in [0.15, 0.2) is 12.4 Å². The van der Waals surface area contributed by atoms with E-state index in [1.165, 1.54) is 18.2 Å². The molecule has 0 unspecified atom stereocenters. The Bertz CT molecular complexity index is 1050. The summed E-state index contributed by atoms with van der Waals surface area (Å²) in [6.07, 6.45) is 0.621. The molecule has 152 valence electrons. The van der Waals surface area contributed by atoms with Crippen molar-refractivity contribution in [3.05, 3.63) is 94.5 Å². The molecule has 7 nitrogen and oxygen atoms in total. The van der Waals surface area contributed by atoms with Crippen LogP contribution in [0.1, 0.15) is 18.9 Å². The smallest absolute Gasteiger partial charge is 0.310 e. The van der Waals surface area contributed by atoms with Crippen molar-refractivity contribution in [3.63, 3.8) is 0 Å². The lowest BCUT2D eigenvalue weighted by atomic mass is 10.0. The van der Waals surface area contributed by atoms with Gasteiger partial charge in [-0.25, -0.2) is 5.43 Å². The van der Waals surface area contributed by atoms with E-state index in [2.05, 4.69) is 10.5 Å². The van der Waals surface area contributed by atoms with E-state index < -0.39 is 10.8 Å². The van der Waals surface area contributed by atoms with Gasteiger partial charge < -0.3 is 4.74 Å². The molecule has 1 amide bonds. The fourth-order valence-electron chi connectivity index (χ4n) is 2.87. The second kappa shape index (κ2) is 9.97. The van der Waals surface area contributed by atoms with Gasteiger partial charge >= 0.3 is 5.69 Å². The molecule has 0 aliphatic carbocycles. The van der Waals surface area contributed by atoms with Crippen LogP contribution in [0.3, 0.4) is 0 Å². The van der Waals surface area contributed by atoms with Gasteiger partial charge in [0.25, 0.3) is 5.91 Å². The van der Waals surface area contributed by atoms with E-state index in [1.807, 2.05) is 61.5 Å². The van der Waals surface area contributed by atoms with E-state index in [0.717, 1.165) is 16.7 Å². The molecule has 0 aromatic heterocycles. The summed E-state index contributed by atoms with van der Waals surface area (Å²) in [6, 6.07) is 23.9. The maximum absolute atomic E-state index is 12.1. The maximum atomic E-state index is 12.1. The Balaban J connectivity index is 1.62. The van der Waals surface area contributed by atoms with E-state index in [9.17, 15) is 14.9 Å². The van der Waals surface area contributed by atoms with Gasteiger partial charge in [-0.2, -0.15) is 5.10 Å². The summed E-state index contributed by atoms with van der Waals surface area (Å²) in [6.45, 7) is 1.57. The SMILES string of the molecule is CC/C(=N/NC(=O)COc1ccccc1[N+](=O)[O-])c1ccc(-c2ccccc2)cc1. The average molecular weight is 403 g/mol. The number of para-hydroxylation sites is 2. The van der Waals surface area contributed by atoms with Crippen molar-refractivity contribution in [2.45, 2.75) is 13.3 Å². The predicted molar refractivity (Wildman–Crippen MR) is 115 cm³/mol. The quantitative estimate of drug-likeness (QED) is 0.339. The fraction of sp³-hybridized carbons (Fsp3) is 0.130. The Kier molecular flexibility index (Phi) is 6.89. The van der Waals surface area contributed by atoms with Crippen molar-refractivity contribution >= 4 is 17.3 Å². The third-order valence-corrected chi connectivity index (χ3v) is 4.40.